The van der Waals surface area contributed by atoms with E-state index in [0.29, 0.717) is 16.3 Å². The molecule has 2 aromatic carbocycles. The highest BCUT2D eigenvalue weighted by Gasteiger charge is 2.12. The number of nitrogen functional groups attached to an aromatic ring is 1. The van der Waals surface area contributed by atoms with Crippen molar-refractivity contribution in [2.75, 3.05) is 11.1 Å². The molecule has 3 nitrogen and oxygen atoms in total. The SMILES string of the molecule is Nc1c(Cl)cc(C(=O)Nc2ccccc2Cl)cc1Cl. The van der Waals surface area contributed by atoms with Gasteiger partial charge in [0.15, 0.2) is 0 Å². The Balaban J connectivity index is 2.28. The maximum Gasteiger partial charge on any atom is 0.255 e. The lowest BCUT2D eigenvalue weighted by Crippen LogP contribution is -2.12. The van der Waals surface area contributed by atoms with Crippen LogP contribution in [0.25, 0.3) is 0 Å². The number of amides is 1. The second kappa shape index (κ2) is 5.70. The molecule has 0 bridgehead atoms. The molecule has 0 atom stereocenters. The van der Waals surface area contributed by atoms with E-state index in [1.54, 1.807) is 24.3 Å². The molecular weight excluding hydrogens is 307 g/mol. The molecule has 0 fully saturated rings. The van der Waals surface area contributed by atoms with E-state index >= 15 is 0 Å². The smallest absolute Gasteiger partial charge is 0.255 e. The van der Waals surface area contributed by atoms with E-state index in [2.05, 4.69) is 5.32 Å². The van der Waals surface area contributed by atoms with Gasteiger partial charge < -0.3 is 11.1 Å². The van der Waals surface area contributed by atoms with Crippen molar-refractivity contribution in [3.63, 3.8) is 0 Å². The number of halogens is 3. The third kappa shape index (κ3) is 3.13. The molecular formula is C13H9Cl3N2O. The van der Waals surface area contributed by atoms with Crippen LogP contribution in [0.2, 0.25) is 15.1 Å². The molecule has 0 aliphatic rings. The Hall–Kier alpha value is -1.42. The normalized spacial score (nSPS) is 10.3. The molecule has 1 amide bonds. The Morgan fingerprint density at radius 1 is 1.00 bits per heavy atom. The maximum atomic E-state index is 12.1. The summed E-state index contributed by atoms with van der Waals surface area (Å²) < 4.78 is 0. The topological polar surface area (TPSA) is 55.1 Å². The molecule has 0 unspecified atom stereocenters. The molecule has 0 heterocycles. The second-order valence-corrected chi connectivity index (χ2v) is 5.01. The zero-order valence-electron chi connectivity index (χ0n) is 9.58. The number of nitrogens with two attached hydrogens (primary N) is 1. The van der Waals surface area contributed by atoms with Crippen molar-refractivity contribution < 1.29 is 4.79 Å². The van der Waals surface area contributed by atoms with Gasteiger partial charge in [0.1, 0.15) is 0 Å². The fourth-order valence-electron chi connectivity index (χ4n) is 1.47. The van der Waals surface area contributed by atoms with Gasteiger partial charge in [-0.05, 0) is 24.3 Å². The van der Waals surface area contributed by atoms with Gasteiger partial charge in [0.25, 0.3) is 5.91 Å². The van der Waals surface area contributed by atoms with Crippen LogP contribution in [0, 0.1) is 0 Å². The van der Waals surface area contributed by atoms with Gasteiger partial charge in [-0.15, -0.1) is 0 Å². The molecule has 3 N–H and O–H groups in total. The van der Waals surface area contributed by atoms with Crippen molar-refractivity contribution in [1.82, 2.24) is 0 Å². The number of para-hydroxylation sites is 1. The molecule has 98 valence electrons. The fraction of sp³-hybridized carbons (Fsp3) is 0. The number of hydrogen-bond donors (Lipinski definition) is 2. The predicted octanol–water partition coefficient (Wildman–Crippen LogP) is 4.48. The van der Waals surface area contributed by atoms with Crippen LogP contribution in [0.15, 0.2) is 36.4 Å². The van der Waals surface area contributed by atoms with Gasteiger partial charge in [-0.25, -0.2) is 0 Å². The van der Waals surface area contributed by atoms with Crippen molar-refractivity contribution in [3.05, 3.63) is 57.0 Å². The summed E-state index contributed by atoms with van der Waals surface area (Å²) >= 11 is 17.7. The summed E-state index contributed by atoms with van der Waals surface area (Å²) in [5.41, 5.74) is 6.68. The molecule has 0 radical (unpaired) electrons. The molecule has 19 heavy (non-hydrogen) atoms. The molecule has 2 rings (SSSR count). The monoisotopic (exact) mass is 314 g/mol. The van der Waals surface area contributed by atoms with Crippen molar-refractivity contribution in [2.24, 2.45) is 0 Å². The van der Waals surface area contributed by atoms with Crippen molar-refractivity contribution in [2.45, 2.75) is 0 Å². The first-order valence-electron chi connectivity index (χ1n) is 5.29. The van der Waals surface area contributed by atoms with Gasteiger partial charge in [0, 0.05) is 5.56 Å². The predicted molar refractivity (Wildman–Crippen MR) is 80.3 cm³/mol. The number of rotatable bonds is 2. The van der Waals surface area contributed by atoms with Crippen LogP contribution in [-0.4, -0.2) is 5.91 Å². The van der Waals surface area contributed by atoms with Crippen LogP contribution in [0.1, 0.15) is 10.4 Å². The van der Waals surface area contributed by atoms with Crippen LogP contribution in [0.4, 0.5) is 11.4 Å². The lowest BCUT2D eigenvalue weighted by molar-refractivity contribution is 0.102. The van der Waals surface area contributed by atoms with Crippen molar-refractivity contribution in [1.29, 1.82) is 0 Å². The number of carbonyl (C=O) groups is 1. The summed E-state index contributed by atoms with van der Waals surface area (Å²) in [5, 5.41) is 3.59. The van der Waals surface area contributed by atoms with Crippen LogP contribution in [-0.2, 0) is 0 Å². The highest BCUT2D eigenvalue weighted by atomic mass is 35.5. The standard InChI is InChI=1S/C13H9Cl3N2O/c14-8-3-1-2-4-11(8)18-13(19)7-5-9(15)12(17)10(16)6-7/h1-6H,17H2,(H,18,19). The zero-order chi connectivity index (χ0) is 14.0. The number of anilines is 2. The van der Waals surface area contributed by atoms with Gasteiger partial charge in [0.05, 0.1) is 26.4 Å². The van der Waals surface area contributed by atoms with E-state index in [4.69, 9.17) is 40.5 Å². The Kier molecular flexibility index (Phi) is 4.20. The molecule has 0 saturated heterocycles. The first kappa shape index (κ1) is 14.0. The van der Waals surface area contributed by atoms with Gasteiger partial charge >= 0.3 is 0 Å². The summed E-state index contributed by atoms with van der Waals surface area (Å²) in [6, 6.07) is 9.82. The number of nitrogens with one attached hydrogen (secondary N) is 1. The summed E-state index contributed by atoms with van der Waals surface area (Å²) in [4.78, 5) is 12.1. The van der Waals surface area contributed by atoms with Gasteiger partial charge in [0.2, 0.25) is 0 Å². The van der Waals surface area contributed by atoms with E-state index < -0.39 is 0 Å². The summed E-state index contributed by atoms with van der Waals surface area (Å²) in [7, 11) is 0. The molecule has 0 saturated carbocycles. The highest BCUT2D eigenvalue weighted by Crippen LogP contribution is 2.29. The Morgan fingerprint density at radius 3 is 2.16 bits per heavy atom. The van der Waals surface area contributed by atoms with Crippen molar-refractivity contribution in [3.8, 4) is 0 Å². The minimum absolute atomic E-state index is 0.233. The third-order valence-corrected chi connectivity index (χ3v) is 3.42. The van der Waals surface area contributed by atoms with Crippen LogP contribution >= 0.6 is 34.8 Å². The largest absolute Gasteiger partial charge is 0.396 e. The number of hydrogen-bond acceptors (Lipinski definition) is 2. The molecule has 0 aliphatic carbocycles. The van der Waals surface area contributed by atoms with E-state index in [1.807, 2.05) is 0 Å². The fourth-order valence-corrected chi connectivity index (χ4v) is 2.14. The highest BCUT2D eigenvalue weighted by molar-refractivity contribution is 6.39. The van der Waals surface area contributed by atoms with Gasteiger partial charge in [-0.3, -0.25) is 4.79 Å². The number of carbonyl (C=O) groups excluding carboxylic acids is 1. The molecule has 0 spiro atoms. The van der Waals surface area contributed by atoms with E-state index in [1.165, 1.54) is 12.1 Å². The second-order valence-electron chi connectivity index (χ2n) is 3.79. The summed E-state index contributed by atoms with van der Waals surface area (Å²) in [6.07, 6.45) is 0. The minimum Gasteiger partial charge on any atom is -0.396 e. The first-order valence-corrected chi connectivity index (χ1v) is 6.43. The van der Waals surface area contributed by atoms with Crippen LogP contribution < -0.4 is 11.1 Å². The average Bonchev–Trinajstić information content (AvgIpc) is 2.38. The maximum absolute atomic E-state index is 12.1. The third-order valence-electron chi connectivity index (χ3n) is 2.46. The van der Waals surface area contributed by atoms with E-state index in [-0.39, 0.29) is 21.6 Å². The summed E-state index contributed by atoms with van der Waals surface area (Å²) in [5.74, 6) is -0.364. The lowest BCUT2D eigenvalue weighted by atomic mass is 10.2. The van der Waals surface area contributed by atoms with Crippen LogP contribution in [0.3, 0.4) is 0 Å². The quantitative estimate of drug-likeness (QED) is 0.803. The van der Waals surface area contributed by atoms with E-state index in [0.717, 1.165) is 0 Å². The minimum atomic E-state index is -0.364. The molecule has 6 heteroatoms. The van der Waals surface area contributed by atoms with Crippen LogP contribution in [0.5, 0.6) is 0 Å². The zero-order valence-corrected chi connectivity index (χ0v) is 11.9. The Morgan fingerprint density at radius 2 is 1.58 bits per heavy atom. The number of benzene rings is 2. The Labute approximate surface area is 125 Å². The summed E-state index contributed by atoms with van der Waals surface area (Å²) in [6.45, 7) is 0. The Bertz CT molecular complexity index is 621. The molecule has 0 aliphatic heterocycles. The molecule has 2 aromatic rings. The first-order chi connectivity index (χ1) is 8.99. The van der Waals surface area contributed by atoms with E-state index in [9.17, 15) is 4.79 Å². The van der Waals surface area contributed by atoms with Gasteiger partial charge in [-0.2, -0.15) is 0 Å². The molecule has 0 aromatic heterocycles. The van der Waals surface area contributed by atoms with Gasteiger partial charge in [-0.1, -0.05) is 46.9 Å². The lowest BCUT2D eigenvalue weighted by Gasteiger charge is -2.09. The van der Waals surface area contributed by atoms with Crippen molar-refractivity contribution >= 4 is 52.1 Å². The average molecular weight is 316 g/mol.